The van der Waals surface area contributed by atoms with E-state index in [-0.39, 0.29) is 6.10 Å². The SMILES string of the molecule is Nc1c(C2CCCO2)cnn1-c1ccccc1. The highest BCUT2D eigenvalue weighted by atomic mass is 16.5. The molecule has 0 saturated carbocycles. The molecule has 4 nitrogen and oxygen atoms in total. The van der Waals surface area contributed by atoms with Gasteiger partial charge in [0.05, 0.1) is 18.0 Å². The highest BCUT2D eigenvalue weighted by Crippen LogP contribution is 2.32. The van der Waals surface area contributed by atoms with Gasteiger partial charge in [0.25, 0.3) is 0 Å². The standard InChI is InChI=1S/C13H15N3O/c14-13-11(12-7-4-8-17-12)9-15-16(13)10-5-2-1-3-6-10/h1-3,5-6,9,12H,4,7-8,14H2. The molecule has 1 aliphatic heterocycles. The minimum absolute atomic E-state index is 0.118. The zero-order valence-corrected chi connectivity index (χ0v) is 9.54. The third kappa shape index (κ3) is 1.80. The van der Waals surface area contributed by atoms with Gasteiger partial charge in [-0.15, -0.1) is 0 Å². The van der Waals surface area contributed by atoms with Gasteiger partial charge in [0.15, 0.2) is 0 Å². The van der Waals surface area contributed by atoms with E-state index in [4.69, 9.17) is 10.5 Å². The Morgan fingerprint density at radius 3 is 2.82 bits per heavy atom. The molecule has 2 heterocycles. The van der Waals surface area contributed by atoms with Gasteiger partial charge >= 0.3 is 0 Å². The van der Waals surface area contributed by atoms with Gasteiger partial charge in [-0.1, -0.05) is 18.2 Å². The van der Waals surface area contributed by atoms with Gasteiger partial charge in [-0.25, -0.2) is 4.68 Å². The largest absolute Gasteiger partial charge is 0.383 e. The molecular weight excluding hydrogens is 214 g/mol. The number of nitrogens with zero attached hydrogens (tertiary/aromatic N) is 2. The summed E-state index contributed by atoms with van der Waals surface area (Å²) in [4.78, 5) is 0. The number of hydrogen-bond acceptors (Lipinski definition) is 3. The molecule has 1 fully saturated rings. The summed E-state index contributed by atoms with van der Waals surface area (Å²) < 4.78 is 7.40. The average Bonchev–Trinajstić information content (AvgIpc) is 2.99. The normalized spacial score (nSPS) is 19.6. The van der Waals surface area contributed by atoms with E-state index in [0.717, 1.165) is 30.7 Å². The highest BCUT2D eigenvalue weighted by molar-refractivity contribution is 5.48. The predicted octanol–water partition coefficient (Wildman–Crippen LogP) is 2.31. The van der Waals surface area contributed by atoms with E-state index in [1.807, 2.05) is 36.5 Å². The summed E-state index contributed by atoms with van der Waals surface area (Å²) in [5.41, 5.74) is 8.12. The van der Waals surface area contributed by atoms with E-state index in [2.05, 4.69) is 5.10 Å². The van der Waals surface area contributed by atoms with Crippen LogP contribution in [0.2, 0.25) is 0 Å². The fourth-order valence-electron chi connectivity index (χ4n) is 2.22. The van der Waals surface area contributed by atoms with Crippen molar-refractivity contribution in [2.75, 3.05) is 12.3 Å². The maximum absolute atomic E-state index is 6.14. The summed E-state index contributed by atoms with van der Waals surface area (Å²) in [5, 5.41) is 4.34. The Morgan fingerprint density at radius 1 is 1.29 bits per heavy atom. The Kier molecular flexibility index (Phi) is 2.57. The predicted molar refractivity (Wildman–Crippen MR) is 65.9 cm³/mol. The van der Waals surface area contributed by atoms with Crippen LogP contribution < -0.4 is 5.73 Å². The maximum atomic E-state index is 6.14. The minimum Gasteiger partial charge on any atom is -0.383 e. The maximum Gasteiger partial charge on any atom is 0.133 e. The molecule has 1 atom stereocenters. The molecule has 17 heavy (non-hydrogen) atoms. The van der Waals surface area contributed by atoms with E-state index in [0.29, 0.717) is 5.82 Å². The number of ether oxygens (including phenoxy) is 1. The minimum atomic E-state index is 0.118. The number of anilines is 1. The van der Waals surface area contributed by atoms with Gasteiger partial charge in [0, 0.05) is 12.2 Å². The number of nitrogen functional groups attached to an aromatic ring is 1. The number of rotatable bonds is 2. The summed E-state index contributed by atoms with van der Waals surface area (Å²) >= 11 is 0. The van der Waals surface area contributed by atoms with E-state index in [9.17, 15) is 0 Å². The number of hydrogen-bond donors (Lipinski definition) is 1. The van der Waals surface area contributed by atoms with Crippen LogP contribution in [-0.2, 0) is 4.74 Å². The molecular formula is C13H15N3O. The van der Waals surface area contributed by atoms with Crippen molar-refractivity contribution >= 4 is 5.82 Å². The molecule has 1 aromatic heterocycles. The van der Waals surface area contributed by atoms with Crippen LogP contribution in [0, 0.1) is 0 Å². The second-order valence-electron chi connectivity index (χ2n) is 4.23. The number of para-hydroxylation sites is 1. The molecule has 88 valence electrons. The lowest BCUT2D eigenvalue weighted by Gasteiger charge is -2.09. The second kappa shape index (κ2) is 4.22. The second-order valence-corrected chi connectivity index (χ2v) is 4.23. The van der Waals surface area contributed by atoms with Crippen LogP contribution in [-0.4, -0.2) is 16.4 Å². The van der Waals surface area contributed by atoms with Gasteiger partial charge in [-0.3, -0.25) is 0 Å². The van der Waals surface area contributed by atoms with Crippen molar-refractivity contribution < 1.29 is 4.74 Å². The molecule has 0 bridgehead atoms. The van der Waals surface area contributed by atoms with Crippen LogP contribution in [0.1, 0.15) is 24.5 Å². The van der Waals surface area contributed by atoms with Crippen molar-refractivity contribution in [3.63, 3.8) is 0 Å². The number of benzene rings is 1. The van der Waals surface area contributed by atoms with Gasteiger partial charge in [0.1, 0.15) is 5.82 Å². The average molecular weight is 229 g/mol. The van der Waals surface area contributed by atoms with Crippen molar-refractivity contribution in [2.24, 2.45) is 0 Å². The van der Waals surface area contributed by atoms with Crippen molar-refractivity contribution in [1.29, 1.82) is 0 Å². The molecule has 2 N–H and O–H groups in total. The molecule has 1 unspecified atom stereocenters. The van der Waals surface area contributed by atoms with Gasteiger partial charge in [-0.2, -0.15) is 5.10 Å². The fraction of sp³-hybridized carbons (Fsp3) is 0.308. The summed E-state index contributed by atoms with van der Waals surface area (Å²) in [5.74, 6) is 0.683. The molecule has 0 aliphatic carbocycles. The summed E-state index contributed by atoms with van der Waals surface area (Å²) in [6, 6.07) is 9.90. The van der Waals surface area contributed by atoms with Crippen LogP contribution in [0.25, 0.3) is 5.69 Å². The smallest absolute Gasteiger partial charge is 0.133 e. The van der Waals surface area contributed by atoms with E-state index >= 15 is 0 Å². The molecule has 0 spiro atoms. The molecule has 1 aromatic carbocycles. The molecule has 0 amide bonds. The van der Waals surface area contributed by atoms with Gasteiger partial charge < -0.3 is 10.5 Å². The lowest BCUT2D eigenvalue weighted by Crippen LogP contribution is -2.04. The van der Waals surface area contributed by atoms with Gasteiger partial charge in [-0.05, 0) is 25.0 Å². The Balaban J connectivity index is 1.97. The van der Waals surface area contributed by atoms with Crippen molar-refractivity contribution in [1.82, 2.24) is 9.78 Å². The van der Waals surface area contributed by atoms with E-state index < -0.39 is 0 Å². The zero-order chi connectivity index (χ0) is 11.7. The number of aromatic nitrogens is 2. The third-order valence-corrected chi connectivity index (χ3v) is 3.11. The lowest BCUT2D eigenvalue weighted by atomic mass is 10.1. The summed E-state index contributed by atoms with van der Waals surface area (Å²) in [7, 11) is 0. The molecule has 3 rings (SSSR count). The third-order valence-electron chi connectivity index (χ3n) is 3.11. The summed E-state index contributed by atoms with van der Waals surface area (Å²) in [6.45, 7) is 0.820. The first-order valence-corrected chi connectivity index (χ1v) is 5.86. The van der Waals surface area contributed by atoms with E-state index in [1.54, 1.807) is 4.68 Å². The van der Waals surface area contributed by atoms with Crippen LogP contribution in [0.3, 0.4) is 0 Å². The Hall–Kier alpha value is -1.81. The molecule has 4 heteroatoms. The Labute approximate surface area is 100 Å². The first kappa shape index (κ1) is 10.4. The van der Waals surface area contributed by atoms with Crippen LogP contribution >= 0.6 is 0 Å². The van der Waals surface area contributed by atoms with Crippen molar-refractivity contribution in [3.8, 4) is 5.69 Å². The van der Waals surface area contributed by atoms with Crippen LogP contribution in [0.4, 0.5) is 5.82 Å². The fourth-order valence-corrected chi connectivity index (χ4v) is 2.22. The molecule has 2 aromatic rings. The summed E-state index contributed by atoms with van der Waals surface area (Å²) in [6.07, 6.45) is 4.07. The molecule has 1 aliphatic rings. The topological polar surface area (TPSA) is 53.1 Å². The quantitative estimate of drug-likeness (QED) is 0.859. The van der Waals surface area contributed by atoms with Crippen LogP contribution in [0.15, 0.2) is 36.5 Å². The Bertz CT molecular complexity index is 501. The van der Waals surface area contributed by atoms with Crippen molar-refractivity contribution in [2.45, 2.75) is 18.9 Å². The number of nitrogens with two attached hydrogens (primary N) is 1. The highest BCUT2D eigenvalue weighted by Gasteiger charge is 2.22. The van der Waals surface area contributed by atoms with Crippen molar-refractivity contribution in [3.05, 3.63) is 42.1 Å². The lowest BCUT2D eigenvalue weighted by molar-refractivity contribution is 0.112. The zero-order valence-electron chi connectivity index (χ0n) is 9.54. The monoisotopic (exact) mass is 229 g/mol. The van der Waals surface area contributed by atoms with Gasteiger partial charge in [0.2, 0.25) is 0 Å². The Morgan fingerprint density at radius 2 is 2.12 bits per heavy atom. The molecule has 1 saturated heterocycles. The first-order valence-electron chi connectivity index (χ1n) is 5.86. The first-order chi connectivity index (χ1) is 8.36. The molecule has 0 radical (unpaired) electrons. The van der Waals surface area contributed by atoms with Crippen LogP contribution in [0.5, 0.6) is 0 Å². The van der Waals surface area contributed by atoms with E-state index in [1.165, 1.54) is 0 Å².